The number of aryl methyl sites for hydroxylation is 1. The molecule has 0 aliphatic rings. The van der Waals surface area contributed by atoms with Crippen molar-refractivity contribution in [3.05, 3.63) is 71.3 Å². The lowest BCUT2D eigenvalue weighted by molar-refractivity contribution is -0.136. The summed E-state index contributed by atoms with van der Waals surface area (Å²) in [5.41, 5.74) is 9.19. The monoisotopic (exact) mass is 332 g/mol. The number of carbonyl (C=O) groups excluding carboxylic acids is 1. The molecule has 4 heteroatoms. The number of nitrogens with two attached hydrogens (primary N) is 1. The first kappa shape index (κ1) is 19.2. The average Bonchev–Trinajstić information content (AvgIpc) is 2.55. The highest BCUT2D eigenvalue weighted by Crippen LogP contribution is 2.15. The SMILES string of the molecule is Cc1ccccc1CN(Cc1ccccc1)C(=O)C(C)CN.Cl. The number of hydrogen-bond donors (Lipinski definition) is 1. The second-order valence-corrected chi connectivity index (χ2v) is 5.74. The molecule has 2 aromatic rings. The third-order valence-electron chi connectivity index (χ3n) is 3.93. The van der Waals surface area contributed by atoms with Crippen LogP contribution in [0.2, 0.25) is 0 Å². The molecule has 2 rings (SSSR count). The van der Waals surface area contributed by atoms with Gasteiger partial charge in [0, 0.05) is 25.6 Å². The van der Waals surface area contributed by atoms with E-state index in [1.165, 1.54) is 11.1 Å². The standard InChI is InChI=1S/C19H24N2O.ClH/c1-15-8-6-7-11-18(15)14-21(19(22)16(2)12-20)13-17-9-4-3-5-10-17;/h3-11,16H,12-14,20H2,1-2H3;1H. The normalized spacial score (nSPS) is 11.4. The molecule has 1 unspecified atom stereocenters. The molecule has 0 bridgehead atoms. The Balaban J connectivity index is 0.00000264. The van der Waals surface area contributed by atoms with Gasteiger partial charge in [-0.1, -0.05) is 61.5 Å². The van der Waals surface area contributed by atoms with Crippen LogP contribution < -0.4 is 5.73 Å². The van der Waals surface area contributed by atoms with E-state index in [1.54, 1.807) is 0 Å². The summed E-state index contributed by atoms with van der Waals surface area (Å²) in [6.45, 7) is 5.56. The van der Waals surface area contributed by atoms with Gasteiger partial charge in [-0.3, -0.25) is 4.79 Å². The summed E-state index contributed by atoms with van der Waals surface area (Å²) in [7, 11) is 0. The zero-order valence-electron chi connectivity index (χ0n) is 13.7. The average molecular weight is 333 g/mol. The summed E-state index contributed by atoms with van der Waals surface area (Å²) < 4.78 is 0. The number of amides is 1. The first-order chi connectivity index (χ1) is 10.6. The molecular weight excluding hydrogens is 308 g/mol. The molecule has 0 saturated carbocycles. The van der Waals surface area contributed by atoms with Gasteiger partial charge in [-0.25, -0.2) is 0 Å². The quantitative estimate of drug-likeness (QED) is 0.879. The molecule has 0 heterocycles. The van der Waals surface area contributed by atoms with Gasteiger partial charge >= 0.3 is 0 Å². The number of carbonyl (C=O) groups is 1. The van der Waals surface area contributed by atoms with Crippen LogP contribution in [0.5, 0.6) is 0 Å². The van der Waals surface area contributed by atoms with Gasteiger partial charge in [-0.2, -0.15) is 0 Å². The highest BCUT2D eigenvalue weighted by molar-refractivity contribution is 5.85. The Labute approximate surface area is 144 Å². The molecule has 0 radical (unpaired) electrons. The van der Waals surface area contributed by atoms with E-state index in [0.717, 1.165) is 5.56 Å². The molecule has 23 heavy (non-hydrogen) atoms. The molecule has 0 saturated heterocycles. The molecule has 1 amide bonds. The van der Waals surface area contributed by atoms with Crippen molar-refractivity contribution in [2.24, 2.45) is 11.7 Å². The van der Waals surface area contributed by atoms with Crippen molar-refractivity contribution in [1.82, 2.24) is 4.90 Å². The van der Waals surface area contributed by atoms with Crippen LogP contribution in [0, 0.1) is 12.8 Å². The number of rotatable bonds is 6. The van der Waals surface area contributed by atoms with Crippen LogP contribution in [0.15, 0.2) is 54.6 Å². The molecule has 1 atom stereocenters. The summed E-state index contributed by atoms with van der Waals surface area (Å²) in [6, 6.07) is 18.3. The molecule has 3 nitrogen and oxygen atoms in total. The van der Waals surface area contributed by atoms with Crippen LogP contribution in [-0.4, -0.2) is 17.4 Å². The smallest absolute Gasteiger partial charge is 0.227 e. The third-order valence-corrected chi connectivity index (χ3v) is 3.93. The van der Waals surface area contributed by atoms with Gasteiger partial charge in [0.15, 0.2) is 0 Å². The summed E-state index contributed by atoms with van der Waals surface area (Å²) in [4.78, 5) is 14.5. The predicted molar refractivity (Wildman–Crippen MR) is 97.3 cm³/mol. The van der Waals surface area contributed by atoms with Gasteiger partial charge < -0.3 is 10.6 Å². The van der Waals surface area contributed by atoms with Crippen LogP contribution >= 0.6 is 12.4 Å². The Kier molecular flexibility index (Phi) is 7.79. The van der Waals surface area contributed by atoms with Crippen molar-refractivity contribution in [3.63, 3.8) is 0 Å². The van der Waals surface area contributed by atoms with Gasteiger partial charge in [0.25, 0.3) is 0 Å². The summed E-state index contributed by atoms with van der Waals surface area (Å²) in [6.07, 6.45) is 0. The molecule has 0 aliphatic carbocycles. The first-order valence-corrected chi connectivity index (χ1v) is 7.69. The van der Waals surface area contributed by atoms with Crippen molar-refractivity contribution in [1.29, 1.82) is 0 Å². The van der Waals surface area contributed by atoms with Crippen LogP contribution in [-0.2, 0) is 17.9 Å². The Morgan fingerprint density at radius 2 is 1.65 bits per heavy atom. The lowest BCUT2D eigenvalue weighted by Gasteiger charge is -2.26. The molecule has 2 aromatic carbocycles. The molecule has 0 spiro atoms. The fourth-order valence-corrected chi connectivity index (χ4v) is 2.42. The molecule has 0 aliphatic heterocycles. The Morgan fingerprint density at radius 1 is 1.04 bits per heavy atom. The van der Waals surface area contributed by atoms with Crippen molar-refractivity contribution >= 4 is 18.3 Å². The maximum absolute atomic E-state index is 12.6. The fourth-order valence-electron chi connectivity index (χ4n) is 2.42. The Bertz CT molecular complexity index is 616. The minimum Gasteiger partial charge on any atom is -0.334 e. The first-order valence-electron chi connectivity index (χ1n) is 7.69. The van der Waals surface area contributed by atoms with E-state index >= 15 is 0 Å². The Hall–Kier alpha value is -1.84. The van der Waals surface area contributed by atoms with Gasteiger partial charge in [0.05, 0.1) is 0 Å². The fraction of sp³-hybridized carbons (Fsp3) is 0.316. The van der Waals surface area contributed by atoms with Crippen molar-refractivity contribution < 1.29 is 4.79 Å². The summed E-state index contributed by atoms with van der Waals surface area (Å²) >= 11 is 0. The maximum Gasteiger partial charge on any atom is 0.227 e. The number of hydrogen-bond acceptors (Lipinski definition) is 2. The van der Waals surface area contributed by atoms with Gasteiger partial charge in [0.1, 0.15) is 0 Å². The summed E-state index contributed by atoms with van der Waals surface area (Å²) in [5.74, 6) is -0.0534. The molecule has 0 fully saturated rings. The minimum atomic E-state index is -0.160. The van der Waals surface area contributed by atoms with E-state index < -0.39 is 0 Å². The second-order valence-electron chi connectivity index (χ2n) is 5.74. The Morgan fingerprint density at radius 3 is 2.26 bits per heavy atom. The van der Waals surface area contributed by atoms with E-state index in [4.69, 9.17) is 5.73 Å². The lowest BCUT2D eigenvalue weighted by atomic mass is 10.1. The van der Waals surface area contributed by atoms with Crippen LogP contribution in [0.4, 0.5) is 0 Å². The van der Waals surface area contributed by atoms with Gasteiger partial charge in [-0.15, -0.1) is 12.4 Å². The topological polar surface area (TPSA) is 46.3 Å². The van der Waals surface area contributed by atoms with Gasteiger partial charge in [0.2, 0.25) is 5.91 Å². The largest absolute Gasteiger partial charge is 0.334 e. The van der Waals surface area contributed by atoms with E-state index in [-0.39, 0.29) is 24.2 Å². The van der Waals surface area contributed by atoms with Crippen molar-refractivity contribution in [2.75, 3.05) is 6.54 Å². The second kappa shape index (κ2) is 9.33. The molecular formula is C19H25ClN2O. The summed E-state index contributed by atoms with van der Waals surface area (Å²) in [5, 5.41) is 0. The van der Waals surface area contributed by atoms with E-state index in [0.29, 0.717) is 19.6 Å². The van der Waals surface area contributed by atoms with Crippen molar-refractivity contribution in [2.45, 2.75) is 26.9 Å². The number of nitrogens with zero attached hydrogens (tertiary/aromatic N) is 1. The van der Waals surface area contributed by atoms with Gasteiger partial charge in [-0.05, 0) is 23.6 Å². The van der Waals surface area contributed by atoms with E-state index in [1.807, 2.05) is 54.3 Å². The van der Waals surface area contributed by atoms with Crippen molar-refractivity contribution in [3.8, 4) is 0 Å². The van der Waals surface area contributed by atoms with E-state index in [9.17, 15) is 4.79 Å². The molecule has 2 N–H and O–H groups in total. The third kappa shape index (κ3) is 5.38. The highest BCUT2D eigenvalue weighted by Gasteiger charge is 2.20. The zero-order valence-corrected chi connectivity index (χ0v) is 14.6. The molecule has 0 aromatic heterocycles. The van der Waals surface area contributed by atoms with E-state index in [2.05, 4.69) is 19.1 Å². The highest BCUT2D eigenvalue weighted by atomic mass is 35.5. The van der Waals surface area contributed by atoms with Crippen LogP contribution in [0.1, 0.15) is 23.6 Å². The number of benzene rings is 2. The zero-order chi connectivity index (χ0) is 15.9. The van der Waals surface area contributed by atoms with Crippen LogP contribution in [0.3, 0.4) is 0 Å². The minimum absolute atomic E-state index is 0. The lowest BCUT2D eigenvalue weighted by Crippen LogP contribution is -2.37. The maximum atomic E-state index is 12.6. The molecule has 124 valence electrons. The predicted octanol–water partition coefficient (Wildman–Crippen LogP) is 3.54. The van der Waals surface area contributed by atoms with Crippen LogP contribution in [0.25, 0.3) is 0 Å². The number of halogens is 1.